The minimum atomic E-state index is 0.309. The molecule has 1 aliphatic rings. The molecule has 0 radical (unpaired) electrons. The molecule has 4 nitrogen and oxygen atoms in total. The zero-order valence-corrected chi connectivity index (χ0v) is 20.4. The monoisotopic (exact) mass is 454 g/mol. The summed E-state index contributed by atoms with van der Waals surface area (Å²) in [5, 5.41) is 0. The number of epoxide rings is 1. The minimum absolute atomic E-state index is 0.309. The average Bonchev–Trinajstić information content (AvgIpc) is 3.67. The minimum Gasteiger partial charge on any atom is -0.494 e. The third-order valence-corrected chi connectivity index (χ3v) is 5.99. The van der Waals surface area contributed by atoms with Crippen LogP contribution in [0, 0.1) is 0 Å². The fourth-order valence-electron chi connectivity index (χ4n) is 3.78. The Balaban J connectivity index is 1.21. The van der Waals surface area contributed by atoms with Crippen LogP contribution >= 0.6 is 0 Å². The molecule has 0 amide bonds. The molecule has 2 aromatic rings. The van der Waals surface area contributed by atoms with Gasteiger partial charge in [-0.25, -0.2) is 0 Å². The summed E-state index contributed by atoms with van der Waals surface area (Å²) in [5.41, 5.74) is 2.28. The van der Waals surface area contributed by atoms with Gasteiger partial charge in [-0.3, -0.25) is 0 Å². The summed E-state index contributed by atoms with van der Waals surface area (Å²) in [7, 11) is 0. The molecular formula is C29H42O4. The van der Waals surface area contributed by atoms with E-state index in [1.54, 1.807) is 0 Å². The van der Waals surface area contributed by atoms with Crippen molar-refractivity contribution in [2.75, 3.05) is 19.8 Å². The predicted molar refractivity (Wildman–Crippen MR) is 134 cm³/mol. The molecule has 3 rings (SSSR count). The molecule has 0 aliphatic carbocycles. The molecule has 0 N–H and O–H groups in total. The topological polar surface area (TPSA) is 40.2 Å². The van der Waals surface area contributed by atoms with Crippen molar-refractivity contribution in [3.63, 3.8) is 0 Å². The third kappa shape index (κ3) is 11.6. The van der Waals surface area contributed by atoms with Gasteiger partial charge in [0.2, 0.25) is 0 Å². The van der Waals surface area contributed by atoms with Gasteiger partial charge in [0.05, 0.1) is 26.4 Å². The fourth-order valence-corrected chi connectivity index (χ4v) is 3.78. The molecule has 0 aromatic heterocycles. The second kappa shape index (κ2) is 15.7. The van der Waals surface area contributed by atoms with Crippen molar-refractivity contribution in [3.05, 3.63) is 59.7 Å². The predicted octanol–water partition coefficient (Wildman–Crippen LogP) is 7.48. The highest BCUT2D eigenvalue weighted by Gasteiger charge is 2.22. The zero-order chi connectivity index (χ0) is 23.0. The molecule has 2 aromatic carbocycles. The average molecular weight is 455 g/mol. The summed E-state index contributed by atoms with van der Waals surface area (Å²) in [4.78, 5) is 0. The van der Waals surface area contributed by atoms with Crippen LogP contribution in [0.1, 0.15) is 82.3 Å². The van der Waals surface area contributed by atoms with Crippen molar-refractivity contribution in [2.45, 2.75) is 90.4 Å². The van der Waals surface area contributed by atoms with Crippen LogP contribution in [0.4, 0.5) is 0 Å². The summed E-state index contributed by atoms with van der Waals surface area (Å²) in [5.74, 6) is 1.81. The first-order valence-electron chi connectivity index (χ1n) is 13.0. The Bertz CT molecular complexity index is 737. The van der Waals surface area contributed by atoms with E-state index in [9.17, 15) is 0 Å². The largest absolute Gasteiger partial charge is 0.494 e. The van der Waals surface area contributed by atoms with Gasteiger partial charge in [0, 0.05) is 0 Å². The third-order valence-electron chi connectivity index (χ3n) is 5.99. The second-order valence-corrected chi connectivity index (χ2v) is 9.08. The molecule has 182 valence electrons. The van der Waals surface area contributed by atoms with Gasteiger partial charge in [-0.2, -0.15) is 0 Å². The Kier molecular flexibility index (Phi) is 12.2. The van der Waals surface area contributed by atoms with Crippen LogP contribution < -0.4 is 9.47 Å². The normalized spacial score (nSPS) is 14.9. The quantitative estimate of drug-likeness (QED) is 0.163. The van der Waals surface area contributed by atoms with Crippen molar-refractivity contribution in [1.82, 2.24) is 0 Å². The van der Waals surface area contributed by atoms with Crippen LogP contribution in [-0.2, 0) is 22.7 Å². The maximum atomic E-state index is 5.91. The Morgan fingerprint density at radius 3 is 1.76 bits per heavy atom. The number of rotatable bonds is 19. The maximum Gasteiger partial charge on any atom is 0.119 e. The highest BCUT2D eigenvalue weighted by atomic mass is 16.6. The summed E-state index contributed by atoms with van der Waals surface area (Å²) >= 11 is 0. The van der Waals surface area contributed by atoms with Crippen LogP contribution in [0.5, 0.6) is 11.5 Å². The lowest BCUT2D eigenvalue weighted by Crippen LogP contribution is -2.01. The molecule has 1 aliphatic heterocycles. The van der Waals surface area contributed by atoms with Gasteiger partial charge in [-0.1, -0.05) is 89.0 Å². The van der Waals surface area contributed by atoms with E-state index in [-0.39, 0.29) is 0 Å². The number of hydrogen-bond donors (Lipinski definition) is 0. The lowest BCUT2D eigenvalue weighted by atomic mass is 10.1. The molecule has 1 unspecified atom stereocenters. The Morgan fingerprint density at radius 2 is 1.18 bits per heavy atom. The van der Waals surface area contributed by atoms with E-state index in [2.05, 4.69) is 19.1 Å². The summed E-state index contributed by atoms with van der Waals surface area (Å²) in [6, 6.07) is 16.3. The van der Waals surface area contributed by atoms with Gasteiger partial charge in [-0.15, -0.1) is 0 Å². The van der Waals surface area contributed by atoms with E-state index in [1.807, 2.05) is 36.4 Å². The van der Waals surface area contributed by atoms with E-state index in [1.165, 1.54) is 57.8 Å². The number of unbranched alkanes of at least 4 members (excludes halogenated alkanes) is 9. The zero-order valence-electron chi connectivity index (χ0n) is 20.4. The number of ether oxygens (including phenoxy) is 4. The van der Waals surface area contributed by atoms with Crippen LogP contribution in [0.3, 0.4) is 0 Å². The molecule has 0 spiro atoms. The first-order valence-corrected chi connectivity index (χ1v) is 13.0. The van der Waals surface area contributed by atoms with Crippen molar-refractivity contribution < 1.29 is 18.9 Å². The standard InChI is InChI=1S/C29H42O4/c1-2-3-4-5-6-7-8-9-10-11-20-31-27-16-14-26(15-17-27)22-32-28-18-12-25(13-19-28)21-30-23-29-24-33-29/h12-19,29H,2-11,20-24H2,1H3. The van der Waals surface area contributed by atoms with Crippen LogP contribution in [0.15, 0.2) is 48.5 Å². The van der Waals surface area contributed by atoms with E-state index < -0.39 is 0 Å². The second-order valence-electron chi connectivity index (χ2n) is 9.08. The van der Waals surface area contributed by atoms with Crippen molar-refractivity contribution >= 4 is 0 Å². The molecule has 0 saturated carbocycles. The fraction of sp³-hybridized carbons (Fsp3) is 0.586. The lowest BCUT2D eigenvalue weighted by molar-refractivity contribution is 0.104. The van der Waals surface area contributed by atoms with Crippen molar-refractivity contribution in [3.8, 4) is 11.5 Å². The maximum absolute atomic E-state index is 5.91. The lowest BCUT2D eigenvalue weighted by Gasteiger charge is -2.09. The molecule has 4 heteroatoms. The molecule has 1 heterocycles. The van der Waals surface area contributed by atoms with Crippen LogP contribution in [0.2, 0.25) is 0 Å². The van der Waals surface area contributed by atoms with Crippen LogP contribution in [0.25, 0.3) is 0 Å². The van der Waals surface area contributed by atoms with E-state index in [0.717, 1.165) is 42.3 Å². The number of hydrogen-bond acceptors (Lipinski definition) is 4. The van der Waals surface area contributed by atoms with Gasteiger partial charge in [0.15, 0.2) is 0 Å². The summed E-state index contributed by atoms with van der Waals surface area (Å²) < 4.78 is 22.6. The molecule has 33 heavy (non-hydrogen) atoms. The first-order chi connectivity index (χ1) is 16.3. The first kappa shape index (κ1) is 25.6. The summed E-state index contributed by atoms with van der Waals surface area (Å²) in [6.45, 7) is 5.75. The van der Waals surface area contributed by atoms with Crippen molar-refractivity contribution in [2.24, 2.45) is 0 Å². The smallest absolute Gasteiger partial charge is 0.119 e. The van der Waals surface area contributed by atoms with E-state index in [4.69, 9.17) is 18.9 Å². The van der Waals surface area contributed by atoms with E-state index >= 15 is 0 Å². The molecule has 1 saturated heterocycles. The van der Waals surface area contributed by atoms with Gasteiger partial charge in [-0.05, 0) is 41.8 Å². The van der Waals surface area contributed by atoms with Gasteiger partial charge in [0.1, 0.15) is 24.2 Å². The number of benzene rings is 2. The van der Waals surface area contributed by atoms with E-state index in [0.29, 0.717) is 25.9 Å². The van der Waals surface area contributed by atoms with Gasteiger partial charge in [0.25, 0.3) is 0 Å². The van der Waals surface area contributed by atoms with Crippen molar-refractivity contribution in [1.29, 1.82) is 0 Å². The molecule has 0 bridgehead atoms. The molecule has 1 fully saturated rings. The Hall–Kier alpha value is -2.04. The highest BCUT2D eigenvalue weighted by molar-refractivity contribution is 5.29. The Labute approximate surface area is 200 Å². The summed E-state index contributed by atoms with van der Waals surface area (Å²) in [6.07, 6.45) is 13.8. The molecular weight excluding hydrogens is 412 g/mol. The Morgan fingerprint density at radius 1 is 0.667 bits per heavy atom. The van der Waals surface area contributed by atoms with Gasteiger partial charge < -0.3 is 18.9 Å². The highest BCUT2D eigenvalue weighted by Crippen LogP contribution is 2.18. The van der Waals surface area contributed by atoms with Gasteiger partial charge >= 0.3 is 0 Å². The SMILES string of the molecule is CCCCCCCCCCCCOc1ccc(COc2ccc(COCC3CO3)cc2)cc1. The van der Waals surface area contributed by atoms with Crippen LogP contribution in [-0.4, -0.2) is 25.9 Å². The molecule has 1 atom stereocenters.